The van der Waals surface area contributed by atoms with E-state index >= 15 is 0 Å². The van der Waals surface area contributed by atoms with Gasteiger partial charge in [-0.1, -0.05) is 6.08 Å². The van der Waals surface area contributed by atoms with Crippen molar-refractivity contribution in [2.24, 2.45) is 0 Å². The Morgan fingerprint density at radius 1 is 1.64 bits per heavy atom. The van der Waals surface area contributed by atoms with Crippen LogP contribution in [0.1, 0.15) is 6.42 Å². The van der Waals surface area contributed by atoms with Gasteiger partial charge < -0.3 is 5.32 Å². The lowest BCUT2D eigenvalue weighted by atomic mass is 10.1. The van der Waals surface area contributed by atoms with Crippen LogP contribution < -0.4 is 5.32 Å². The van der Waals surface area contributed by atoms with Crippen molar-refractivity contribution < 1.29 is 4.79 Å². The van der Waals surface area contributed by atoms with Gasteiger partial charge in [-0.25, -0.2) is 0 Å². The number of carbonyl (C=O) groups is 1. The van der Waals surface area contributed by atoms with Crippen molar-refractivity contribution >= 4 is 5.78 Å². The lowest BCUT2D eigenvalue weighted by molar-refractivity contribution is -0.110. The van der Waals surface area contributed by atoms with E-state index in [0.29, 0.717) is 0 Å². The Hall–Kier alpha value is -1.31. The molecule has 58 valence electrons. The van der Waals surface area contributed by atoms with E-state index < -0.39 is 0 Å². The zero-order chi connectivity index (χ0) is 8.10. The quantitative estimate of drug-likeness (QED) is 0.638. The van der Waals surface area contributed by atoms with Crippen LogP contribution >= 0.6 is 0 Å². The lowest BCUT2D eigenvalue weighted by Gasteiger charge is -2.00. The number of ketones is 1. The summed E-state index contributed by atoms with van der Waals surface area (Å²) in [6, 6.07) is 0. The largest absolute Gasteiger partial charge is 0.394 e. The summed E-state index contributed by atoms with van der Waals surface area (Å²) in [5, 5.41) is 2.87. The maximum atomic E-state index is 10.8. The van der Waals surface area contributed by atoms with Crippen molar-refractivity contribution in [3.63, 3.8) is 0 Å². The summed E-state index contributed by atoms with van der Waals surface area (Å²) >= 11 is 0. The molecule has 1 N–H and O–H groups in total. The predicted molar refractivity (Wildman–Crippen MR) is 45.0 cm³/mol. The smallest absolute Gasteiger partial charge is 0.178 e. The van der Waals surface area contributed by atoms with Gasteiger partial charge in [-0.3, -0.25) is 4.79 Å². The van der Waals surface area contributed by atoms with Crippen molar-refractivity contribution in [1.82, 2.24) is 5.32 Å². The molecule has 1 aliphatic rings. The monoisotopic (exact) mass is 149 g/mol. The maximum absolute atomic E-state index is 10.8. The van der Waals surface area contributed by atoms with Crippen LogP contribution in [0.2, 0.25) is 0 Å². The Labute approximate surface area is 66.3 Å². The van der Waals surface area contributed by atoms with Crippen molar-refractivity contribution in [3.8, 4) is 0 Å². The number of rotatable bonds is 2. The summed E-state index contributed by atoms with van der Waals surface area (Å²) < 4.78 is 0. The van der Waals surface area contributed by atoms with Gasteiger partial charge >= 0.3 is 0 Å². The van der Waals surface area contributed by atoms with E-state index in [2.05, 4.69) is 5.32 Å². The average molecular weight is 149 g/mol. The third kappa shape index (κ3) is 2.42. The second-order valence-electron chi connectivity index (χ2n) is 2.35. The molecule has 1 rings (SSSR count). The normalized spacial score (nSPS) is 17.2. The molecule has 0 heterocycles. The fraction of sp³-hybridized carbons (Fsp3) is 0.222. The van der Waals surface area contributed by atoms with Crippen molar-refractivity contribution in [1.29, 1.82) is 0 Å². The van der Waals surface area contributed by atoms with E-state index in [1.54, 1.807) is 12.2 Å². The van der Waals surface area contributed by atoms with E-state index in [-0.39, 0.29) is 5.78 Å². The van der Waals surface area contributed by atoms with Crippen LogP contribution in [0.25, 0.3) is 0 Å². The molecule has 1 aliphatic carbocycles. The molecule has 11 heavy (non-hydrogen) atoms. The maximum Gasteiger partial charge on any atom is 0.178 e. The minimum Gasteiger partial charge on any atom is -0.394 e. The molecule has 0 unspecified atom stereocenters. The van der Waals surface area contributed by atoms with Gasteiger partial charge in [0.1, 0.15) is 0 Å². The first kappa shape index (κ1) is 7.79. The van der Waals surface area contributed by atoms with E-state index in [4.69, 9.17) is 0 Å². The van der Waals surface area contributed by atoms with E-state index in [1.807, 2.05) is 25.4 Å². The molecule has 0 aromatic heterocycles. The van der Waals surface area contributed by atoms with Gasteiger partial charge in [-0.2, -0.15) is 0 Å². The summed E-state index contributed by atoms with van der Waals surface area (Å²) in [5.74, 6) is 0.0759. The van der Waals surface area contributed by atoms with E-state index in [9.17, 15) is 4.79 Å². The molecule has 2 nitrogen and oxygen atoms in total. The highest BCUT2D eigenvalue weighted by molar-refractivity contribution is 6.00. The van der Waals surface area contributed by atoms with Gasteiger partial charge in [0.25, 0.3) is 0 Å². The summed E-state index contributed by atoms with van der Waals surface area (Å²) in [4.78, 5) is 10.8. The fourth-order valence-electron chi connectivity index (χ4n) is 0.907. The molecule has 0 amide bonds. The third-order valence-electron chi connectivity index (χ3n) is 1.43. The van der Waals surface area contributed by atoms with Crippen LogP contribution in [-0.2, 0) is 4.79 Å². The van der Waals surface area contributed by atoms with Crippen LogP contribution in [-0.4, -0.2) is 12.8 Å². The Kier molecular flexibility index (Phi) is 2.66. The van der Waals surface area contributed by atoms with Crippen LogP contribution in [0, 0.1) is 0 Å². The second kappa shape index (κ2) is 3.76. The summed E-state index contributed by atoms with van der Waals surface area (Å²) in [7, 11) is 1.83. The number of hydrogen-bond donors (Lipinski definition) is 1. The summed E-state index contributed by atoms with van der Waals surface area (Å²) in [5.41, 5.74) is 1.05. The highest BCUT2D eigenvalue weighted by Crippen LogP contribution is 2.09. The molecule has 0 aliphatic heterocycles. The van der Waals surface area contributed by atoms with Crippen LogP contribution in [0.4, 0.5) is 0 Å². The SMILES string of the molecule is CN/C=C/C1=CC(=O)C=CC1. The Morgan fingerprint density at radius 2 is 2.45 bits per heavy atom. The zero-order valence-corrected chi connectivity index (χ0v) is 6.50. The topological polar surface area (TPSA) is 29.1 Å². The first-order chi connectivity index (χ1) is 5.33. The molecular weight excluding hydrogens is 138 g/mol. The highest BCUT2D eigenvalue weighted by Gasteiger charge is 1.99. The van der Waals surface area contributed by atoms with Gasteiger partial charge in [0, 0.05) is 7.05 Å². The van der Waals surface area contributed by atoms with Crippen LogP contribution in [0.3, 0.4) is 0 Å². The molecule has 0 bridgehead atoms. The zero-order valence-electron chi connectivity index (χ0n) is 6.50. The van der Waals surface area contributed by atoms with Gasteiger partial charge in [0.2, 0.25) is 0 Å². The van der Waals surface area contributed by atoms with Gasteiger partial charge in [-0.15, -0.1) is 0 Å². The summed E-state index contributed by atoms with van der Waals surface area (Å²) in [6.07, 6.45) is 9.69. The molecule has 0 saturated carbocycles. The number of carbonyl (C=O) groups excluding carboxylic acids is 1. The van der Waals surface area contributed by atoms with Gasteiger partial charge in [0.15, 0.2) is 5.78 Å². The van der Waals surface area contributed by atoms with E-state index in [0.717, 1.165) is 12.0 Å². The fourth-order valence-corrected chi connectivity index (χ4v) is 0.907. The molecule has 0 radical (unpaired) electrons. The average Bonchev–Trinajstić information content (AvgIpc) is 2.01. The van der Waals surface area contributed by atoms with E-state index in [1.165, 1.54) is 0 Å². The van der Waals surface area contributed by atoms with Crippen LogP contribution in [0.5, 0.6) is 0 Å². The minimum absolute atomic E-state index is 0.0759. The van der Waals surface area contributed by atoms with Crippen molar-refractivity contribution in [2.75, 3.05) is 7.05 Å². The number of allylic oxidation sites excluding steroid dienone is 5. The van der Waals surface area contributed by atoms with Gasteiger partial charge in [-0.05, 0) is 36.4 Å². The number of nitrogens with one attached hydrogen (secondary N) is 1. The number of hydrogen-bond acceptors (Lipinski definition) is 2. The molecular formula is C9H11NO. The Morgan fingerprint density at radius 3 is 3.09 bits per heavy atom. The molecule has 0 fully saturated rings. The lowest BCUT2D eigenvalue weighted by Crippen LogP contribution is -1.96. The molecule has 0 atom stereocenters. The highest BCUT2D eigenvalue weighted by atomic mass is 16.1. The Balaban J connectivity index is 2.60. The summed E-state index contributed by atoms with van der Waals surface area (Å²) in [6.45, 7) is 0. The first-order valence-corrected chi connectivity index (χ1v) is 3.58. The standard InChI is InChI=1S/C9H11NO/c1-10-6-5-8-3-2-4-9(11)7-8/h2,4-7,10H,3H2,1H3/b6-5+. The second-order valence-corrected chi connectivity index (χ2v) is 2.35. The van der Waals surface area contributed by atoms with Crippen molar-refractivity contribution in [3.05, 3.63) is 36.1 Å². The molecule has 0 aromatic rings. The molecule has 0 spiro atoms. The molecule has 2 heteroatoms. The van der Waals surface area contributed by atoms with Crippen molar-refractivity contribution in [2.45, 2.75) is 6.42 Å². The predicted octanol–water partition coefficient (Wildman–Crippen LogP) is 1.17. The minimum atomic E-state index is 0.0759. The van der Waals surface area contributed by atoms with Crippen LogP contribution in [0.15, 0.2) is 36.1 Å². The first-order valence-electron chi connectivity index (χ1n) is 3.58. The third-order valence-corrected chi connectivity index (χ3v) is 1.43. The van der Waals surface area contributed by atoms with Gasteiger partial charge in [0.05, 0.1) is 0 Å². The molecule has 0 saturated heterocycles. The molecule has 0 aromatic carbocycles. The Bertz CT molecular complexity index is 236.